The summed E-state index contributed by atoms with van der Waals surface area (Å²) < 4.78 is 7.78. The molecule has 0 spiro atoms. The number of nitrogens with zero attached hydrogens (tertiary/aromatic N) is 4. The van der Waals surface area contributed by atoms with E-state index in [9.17, 15) is 5.11 Å². The predicted molar refractivity (Wildman–Crippen MR) is 136 cm³/mol. The van der Waals surface area contributed by atoms with E-state index in [2.05, 4.69) is 22.3 Å². The number of benzene rings is 1. The van der Waals surface area contributed by atoms with Crippen LogP contribution in [0.3, 0.4) is 0 Å². The van der Waals surface area contributed by atoms with Crippen LogP contribution in [0.1, 0.15) is 25.8 Å². The van der Waals surface area contributed by atoms with E-state index < -0.39 is 6.10 Å². The standard InChI is InChI=1S/C26H32N6O2/c1-4-5-6-8-18(2)14-28-25-23-16-29-32(20-11-12-20)26(23)31-24(30-25)19-9-7-10-22(13-19)34-17-21(33)15-27-3/h4-10,13,16,20-21,27,33H,2,11-12,14-15,17H2,1,3H3,(H,28,30,31)/b5-4-,8-6-. The number of hydrogen-bond acceptors (Lipinski definition) is 7. The van der Waals surface area contributed by atoms with Crippen molar-refractivity contribution in [2.75, 3.05) is 32.1 Å². The van der Waals surface area contributed by atoms with E-state index >= 15 is 0 Å². The molecule has 0 saturated heterocycles. The van der Waals surface area contributed by atoms with Gasteiger partial charge in [0.15, 0.2) is 11.5 Å². The summed E-state index contributed by atoms with van der Waals surface area (Å²) in [7, 11) is 1.79. The normalized spacial score (nSPS) is 14.8. The molecule has 1 saturated carbocycles. The molecule has 4 rings (SSSR count). The molecule has 0 amide bonds. The second-order valence-electron chi connectivity index (χ2n) is 8.40. The number of ether oxygens (including phenoxy) is 1. The van der Waals surface area contributed by atoms with Crippen LogP contribution in [0.5, 0.6) is 5.75 Å². The molecule has 3 N–H and O–H groups in total. The summed E-state index contributed by atoms with van der Waals surface area (Å²) in [5.74, 6) is 1.97. The minimum Gasteiger partial charge on any atom is -0.491 e. The molecule has 1 atom stereocenters. The number of allylic oxidation sites excluding steroid dienone is 3. The van der Waals surface area contributed by atoms with Gasteiger partial charge in [-0.2, -0.15) is 5.10 Å². The number of aromatic nitrogens is 4. The van der Waals surface area contributed by atoms with Gasteiger partial charge in [0.1, 0.15) is 24.3 Å². The monoisotopic (exact) mass is 460 g/mol. The number of aliphatic hydroxyl groups is 1. The number of anilines is 1. The fraction of sp³-hybridized carbons (Fsp3) is 0.346. The zero-order valence-corrected chi connectivity index (χ0v) is 19.7. The minimum absolute atomic E-state index is 0.203. The SMILES string of the molecule is C=C(/C=C\C=C/C)CNc1nc(-c2cccc(OCC(O)CNC)c2)nc2c1cnn2C1CC1. The van der Waals surface area contributed by atoms with Crippen molar-refractivity contribution in [3.8, 4) is 17.1 Å². The van der Waals surface area contributed by atoms with Crippen molar-refractivity contribution in [3.63, 3.8) is 0 Å². The first-order valence-electron chi connectivity index (χ1n) is 11.6. The van der Waals surface area contributed by atoms with Gasteiger partial charge < -0.3 is 20.5 Å². The fourth-order valence-corrected chi connectivity index (χ4v) is 3.55. The molecule has 34 heavy (non-hydrogen) atoms. The molecule has 1 unspecified atom stereocenters. The molecule has 3 aromatic rings. The molecule has 178 valence electrons. The third-order valence-electron chi connectivity index (χ3n) is 5.44. The molecule has 1 aromatic carbocycles. The summed E-state index contributed by atoms with van der Waals surface area (Å²) in [6, 6.07) is 8.02. The summed E-state index contributed by atoms with van der Waals surface area (Å²) in [5, 5.41) is 21.8. The largest absolute Gasteiger partial charge is 0.491 e. The first kappa shape index (κ1) is 23.7. The lowest BCUT2D eigenvalue weighted by atomic mass is 10.2. The molecular weight excluding hydrogens is 428 g/mol. The molecule has 0 aliphatic heterocycles. The van der Waals surface area contributed by atoms with Crippen LogP contribution >= 0.6 is 0 Å². The van der Waals surface area contributed by atoms with Gasteiger partial charge in [-0.05, 0) is 44.5 Å². The Balaban J connectivity index is 1.62. The number of likely N-dealkylation sites (N-methyl/N-ethyl adjacent to an activating group) is 1. The molecule has 8 nitrogen and oxygen atoms in total. The lowest BCUT2D eigenvalue weighted by molar-refractivity contribution is 0.108. The van der Waals surface area contributed by atoms with E-state index in [1.54, 1.807) is 7.05 Å². The number of fused-ring (bicyclic) bond motifs is 1. The highest BCUT2D eigenvalue weighted by atomic mass is 16.5. The number of nitrogens with one attached hydrogen (secondary N) is 2. The molecule has 1 aliphatic carbocycles. The van der Waals surface area contributed by atoms with Gasteiger partial charge in [0, 0.05) is 18.7 Å². The van der Waals surface area contributed by atoms with Crippen molar-refractivity contribution >= 4 is 16.9 Å². The van der Waals surface area contributed by atoms with Gasteiger partial charge in [-0.25, -0.2) is 14.6 Å². The van der Waals surface area contributed by atoms with E-state index in [0.29, 0.717) is 30.7 Å². The average molecular weight is 461 g/mol. The number of aliphatic hydroxyl groups excluding tert-OH is 1. The number of rotatable bonds is 12. The van der Waals surface area contributed by atoms with Crippen molar-refractivity contribution in [2.45, 2.75) is 31.9 Å². The van der Waals surface area contributed by atoms with E-state index in [0.717, 1.165) is 40.8 Å². The Kier molecular flexibility index (Phi) is 7.72. The average Bonchev–Trinajstić information content (AvgIpc) is 3.60. The molecule has 8 heteroatoms. The highest BCUT2D eigenvalue weighted by molar-refractivity contribution is 5.88. The van der Waals surface area contributed by atoms with Crippen molar-refractivity contribution in [1.82, 2.24) is 25.1 Å². The summed E-state index contributed by atoms with van der Waals surface area (Å²) in [4.78, 5) is 9.70. The quantitative estimate of drug-likeness (QED) is 0.353. The van der Waals surface area contributed by atoms with Gasteiger partial charge in [0.05, 0.1) is 17.6 Å². The van der Waals surface area contributed by atoms with Crippen molar-refractivity contribution < 1.29 is 9.84 Å². The van der Waals surface area contributed by atoms with E-state index in [1.165, 1.54) is 0 Å². The maximum atomic E-state index is 9.94. The molecule has 1 fully saturated rings. The Morgan fingerprint density at radius 2 is 2.18 bits per heavy atom. The summed E-state index contributed by atoms with van der Waals surface area (Å²) in [6.45, 7) is 7.32. The lowest BCUT2D eigenvalue weighted by Crippen LogP contribution is -2.29. The third kappa shape index (κ3) is 5.89. The van der Waals surface area contributed by atoms with Crippen molar-refractivity contribution in [3.05, 3.63) is 66.9 Å². The van der Waals surface area contributed by atoms with Crippen LogP contribution in [0.25, 0.3) is 22.4 Å². The summed E-state index contributed by atoms with van der Waals surface area (Å²) in [5.41, 5.74) is 2.60. The zero-order valence-electron chi connectivity index (χ0n) is 19.7. The minimum atomic E-state index is -0.583. The van der Waals surface area contributed by atoms with Crippen LogP contribution in [0.15, 0.2) is 66.9 Å². The van der Waals surface area contributed by atoms with Gasteiger partial charge in [-0.1, -0.05) is 43.0 Å². The van der Waals surface area contributed by atoms with Crippen LogP contribution in [-0.4, -0.2) is 57.7 Å². The van der Waals surface area contributed by atoms with Gasteiger partial charge in [-0.15, -0.1) is 0 Å². The van der Waals surface area contributed by atoms with Crippen LogP contribution in [0, 0.1) is 0 Å². The summed E-state index contributed by atoms with van der Waals surface area (Å²) >= 11 is 0. The first-order valence-corrected chi connectivity index (χ1v) is 11.6. The molecule has 0 radical (unpaired) electrons. The van der Waals surface area contributed by atoms with Crippen LogP contribution < -0.4 is 15.4 Å². The van der Waals surface area contributed by atoms with Gasteiger partial charge in [0.2, 0.25) is 0 Å². The predicted octanol–water partition coefficient (Wildman–Crippen LogP) is 3.89. The molecule has 0 bridgehead atoms. The van der Waals surface area contributed by atoms with E-state index in [-0.39, 0.29) is 6.61 Å². The Morgan fingerprint density at radius 1 is 1.32 bits per heavy atom. The van der Waals surface area contributed by atoms with Crippen molar-refractivity contribution in [2.24, 2.45) is 0 Å². The van der Waals surface area contributed by atoms with Crippen molar-refractivity contribution in [1.29, 1.82) is 0 Å². The highest BCUT2D eigenvalue weighted by Gasteiger charge is 2.27. The molecule has 1 aliphatic rings. The van der Waals surface area contributed by atoms with Crippen LogP contribution in [-0.2, 0) is 0 Å². The van der Waals surface area contributed by atoms with E-state index in [1.807, 2.05) is 66.4 Å². The Morgan fingerprint density at radius 3 is 2.94 bits per heavy atom. The Bertz CT molecular complexity index is 1200. The maximum Gasteiger partial charge on any atom is 0.164 e. The Hall–Kier alpha value is -3.49. The number of hydrogen-bond donors (Lipinski definition) is 3. The fourth-order valence-electron chi connectivity index (χ4n) is 3.55. The van der Waals surface area contributed by atoms with Gasteiger partial charge in [0.25, 0.3) is 0 Å². The van der Waals surface area contributed by atoms with Crippen LogP contribution in [0.2, 0.25) is 0 Å². The second-order valence-corrected chi connectivity index (χ2v) is 8.40. The molecule has 2 heterocycles. The lowest BCUT2D eigenvalue weighted by Gasteiger charge is -2.13. The molecule has 2 aromatic heterocycles. The topological polar surface area (TPSA) is 97.1 Å². The van der Waals surface area contributed by atoms with Gasteiger partial charge in [-0.3, -0.25) is 0 Å². The van der Waals surface area contributed by atoms with E-state index in [4.69, 9.17) is 14.7 Å². The smallest absolute Gasteiger partial charge is 0.164 e. The molecular formula is C26H32N6O2. The first-order chi connectivity index (χ1) is 16.6. The maximum absolute atomic E-state index is 9.94. The second kappa shape index (κ2) is 11.1. The third-order valence-corrected chi connectivity index (χ3v) is 5.44. The van der Waals surface area contributed by atoms with Crippen LogP contribution in [0.4, 0.5) is 5.82 Å². The highest BCUT2D eigenvalue weighted by Crippen LogP contribution is 2.37. The van der Waals surface area contributed by atoms with Gasteiger partial charge >= 0.3 is 0 Å². The summed E-state index contributed by atoms with van der Waals surface area (Å²) in [6.07, 6.45) is 11.4. The Labute approximate surface area is 200 Å². The zero-order chi connectivity index (χ0) is 23.9.